The number of hydrogen-bond donors (Lipinski definition) is 1. The smallest absolute Gasteiger partial charge is 0.268 e. The molecule has 1 heterocycles. The van der Waals surface area contributed by atoms with E-state index in [9.17, 15) is 9.59 Å². The van der Waals surface area contributed by atoms with Crippen molar-refractivity contribution in [2.75, 3.05) is 10.2 Å². The van der Waals surface area contributed by atoms with E-state index >= 15 is 0 Å². The second-order valence-electron chi connectivity index (χ2n) is 5.97. The maximum atomic E-state index is 12.6. The van der Waals surface area contributed by atoms with Crippen molar-refractivity contribution in [2.24, 2.45) is 0 Å². The number of ether oxygens (including phenoxy) is 1. The Labute approximate surface area is 141 Å². The number of hydrogen-bond acceptors (Lipinski definition) is 3. The lowest BCUT2D eigenvalue weighted by Crippen LogP contribution is -2.52. The molecular formula is C19H20N2O3. The second-order valence-corrected chi connectivity index (χ2v) is 5.97. The summed E-state index contributed by atoms with van der Waals surface area (Å²) in [5.41, 5.74) is 2.44. The van der Waals surface area contributed by atoms with Gasteiger partial charge in [0.1, 0.15) is 11.8 Å². The van der Waals surface area contributed by atoms with Crippen LogP contribution in [0.2, 0.25) is 0 Å². The Hall–Kier alpha value is -2.82. The maximum Gasteiger partial charge on any atom is 0.268 e. The van der Waals surface area contributed by atoms with Crippen LogP contribution < -0.4 is 15.0 Å². The lowest BCUT2D eigenvalue weighted by Gasteiger charge is -2.36. The van der Waals surface area contributed by atoms with E-state index < -0.39 is 12.1 Å². The van der Waals surface area contributed by atoms with Crippen molar-refractivity contribution in [3.8, 4) is 5.75 Å². The number of rotatable bonds is 3. The maximum absolute atomic E-state index is 12.6. The van der Waals surface area contributed by atoms with Crippen LogP contribution in [0.25, 0.3) is 0 Å². The number of para-hydroxylation sites is 2. The average Bonchev–Trinajstić information content (AvgIpc) is 2.57. The summed E-state index contributed by atoms with van der Waals surface area (Å²) in [6.45, 7) is 5.39. The van der Waals surface area contributed by atoms with Gasteiger partial charge in [0.05, 0.1) is 5.69 Å². The fourth-order valence-electron chi connectivity index (χ4n) is 2.71. The largest absolute Gasteiger partial charge is 0.479 e. The molecule has 2 atom stereocenters. The highest BCUT2D eigenvalue weighted by Crippen LogP contribution is 2.35. The van der Waals surface area contributed by atoms with Gasteiger partial charge in [0.2, 0.25) is 5.91 Å². The molecular weight excluding hydrogens is 304 g/mol. The van der Waals surface area contributed by atoms with Crippen molar-refractivity contribution in [1.82, 2.24) is 0 Å². The zero-order valence-electron chi connectivity index (χ0n) is 13.9. The lowest BCUT2D eigenvalue weighted by atomic mass is 10.1. The van der Waals surface area contributed by atoms with Gasteiger partial charge in [-0.25, -0.2) is 0 Å². The zero-order chi connectivity index (χ0) is 17.3. The molecule has 0 spiro atoms. The number of fused-ring (bicyclic) bond motifs is 1. The number of nitrogens with one attached hydrogen (secondary N) is 1. The summed E-state index contributed by atoms with van der Waals surface area (Å²) >= 11 is 0. The third-order valence-corrected chi connectivity index (χ3v) is 4.10. The summed E-state index contributed by atoms with van der Waals surface area (Å²) in [4.78, 5) is 26.7. The Bertz CT molecular complexity index is 770. The van der Waals surface area contributed by atoms with E-state index in [1.807, 2.05) is 43.3 Å². The van der Waals surface area contributed by atoms with Crippen LogP contribution >= 0.6 is 0 Å². The third-order valence-electron chi connectivity index (χ3n) is 4.10. The van der Waals surface area contributed by atoms with Gasteiger partial charge in [0, 0.05) is 5.69 Å². The highest BCUT2D eigenvalue weighted by atomic mass is 16.5. The van der Waals surface area contributed by atoms with Gasteiger partial charge >= 0.3 is 0 Å². The van der Waals surface area contributed by atoms with Gasteiger partial charge in [0.15, 0.2) is 6.10 Å². The van der Waals surface area contributed by atoms with E-state index in [1.165, 1.54) is 4.90 Å². The van der Waals surface area contributed by atoms with Crippen LogP contribution in [-0.2, 0) is 9.59 Å². The Morgan fingerprint density at radius 3 is 2.54 bits per heavy atom. The van der Waals surface area contributed by atoms with Crippen LogP contribution in [0.3, 0.4) is 0 Å². The Morgan fingerprint density at radius 2 is 1.83 bits per heavy atom. The predicted octanol–water partition coefficient (Wildman–Crippen LogP) is 3.14. The first-order valence-electron chi connectivity index (χ1n) is 7.93. The van der Waals surface area contributed by atoms with Gasteiger partial charge in [-0.05, 0) is 45.0 Å². The van der Waals surface area contributed by atoms with Crippen molar-refractivity contribution in [3.63, 3.8) is 0 Å². The molecule has 3 rings (SSSR count). The van der Waals surface area contributed by atoms with Crippen LogP contribution in [0.5, 0.6) is 5.75 Å². The van der Waals surface area contributed by atoms with Gasteiger partial charge in [-0.15, -0.1) is 0 Å². The molecule has 5 nitrogen and oxygen atoms in total. The average molecular weight is 324 g/mol. The van der Waals surface area contributed by atoms with Crippen LogP contribution in [0, 0.1) is 6.92 Å². The molecule has 0 aliphatic carbocycles. The summed E-state index contributed by atoms with van der Waals surface area (Å²) in [6, 6.07) is 14.2. The fraction of sp³-hybridized carbons (Fsp3) is 0.263. The highest BCUT2D eigenvalue weighted by molar-refractivity contribution is 6.07. The minimum absolute atomic E-state index is 0.222. The summed E-state index contributed by atoms with van der Waals surface area (Å²) in [7, 11) is 0. The molecule has 2 unspecified atom stereocenters. The molecule has 2 aromatic rings. The summed E-state index contributed by atoms with van der Waals surface area (Å²) in [5, 5.41) is 2.86. The second kappa shape index (κ2) is 6.35. The van der Waals surface area contributed by atoms with Gasteiger partial charge < -0.3 is 10.1 Å². The summed E-state index contributed by atoms with van der Waals surface area (Å²) in [5.74, 6) is 0.149. The molecule has 0 aromatic heterocycles. The molecule has 24 heavy (non-hydrogen) atoms. The molecule has 1 aliphatic rings. The monoisotopic (exact) mass is 324 g/mol. The Kier molecular flexibility index (Phi) is 4.25. The molecule has 0 fully saturated rings. The van der Waals surface area contributed by atoms with Crippen molar-refractivity contribution >= 4 is 23.2 Å². The summed E-state index contributed by atoms with van der Waals surface area (Å²) < 4.78 is 5.61. The zero-order valence-corrected chi connectivity index (χ0v) is 13.9. The van der Waals surface area contributed by atoms with E-state index in [2.05, 4.69) is 5.32 Å². The SMILES string of the molecule is Cc1ccc(NC(=O)C(C)N2C(=O)C(C)Oc3ccccc32)cc1. The molecule has 0 radical (unpaired) electrons. The number of aryl methyl sites for hydroxylation is 1. The molecule has 0 bridgehead atoms. The lowest BCUT2D eigenvalue weighted by molar-refractivity contribution is -0.128. The standard InChI is InChI=1S/C19H20N2O3/c1-12-8-10-15(11-9-12)20-18(22)13(2)21-16-6-4-5-7-17(16)24-14(3)19(21)23/h4-11,13-14H,1-3H3,(H,20,22). The van der Waals surface area contributed by atoms with Crippen LogP contribution in [0.4, 0.5) is 11.4 Å². The first-order valence-corrected chi connectivity index (χ1v) is 7.93. The fourth-order valence-corrected chi connectivity index (χ4v) is 2.71. The molecule has 1 aliphatic heterocycles. The first-order chi connectivity index (χ1) is 11.5. The Balaban J connectivity index is 1.85. The van der Waals surface area contributed by atoms with Gasteiger partial charge in [-0.2, -0.15) is 0 Å². The van der Waals surface area contributed by atoms with Gasteiger partial charge in [0.25, 0.3) is 5.91 Å². The minimum Gasteiger partial charge on any atom is -0.479 e. The van der Waals surface area contributed by atoms with E-state index in [4.69, 9.17) is 4.74 Å². The molecule has 2 amide bonds. The third kappa shape index (κ3) is 2.97. The van der Waals surface area contributed by atoms with E-state index in [0.717, 1.165) is 5.56 Å². The number of anilines is 2. The van der Waals surface area contributed by atoms with Crippen molar-refractivity contribution in [2.45, 2.75) is 32.9 Å². The molecule has 0 saturated carbocycles. The molecule has 124 valence electrons. The van der Waals surface area contributed by atoms with E-state index in [1.54, 1.807) is 26.0 Å². The predicted molar refractivity (Wildman–Crippen MR) is 93.3 cm³/mol. The van der Waals surface area contributed by atoms with Crippen molar-refractivity contribution in [3.05, 3.63) is 54.1 Å². The van der Waals surface area contributed by atoms with Crippen molar-refractivity contribution < 1.29 is 14.3 Å². The van der Waals surface area contributed by atoms with Crippen LogP contribution in [0.1, 0.15) is 19.4 Å². The quantitative estimate of drug-likeness (QED) is 0.943. The first kappa shape index (κ1) is 16.1. The Morgan fingerprint density at radius 1 is 1.17 bits per heavy atom. The van der Waals surface area contributed by atoms with E-state index in [-0.39, 0.29) is 11.8 Å². The number of carbonyl (C=O) groups is 2. The van der Waals surface area contributed by atoms with Gasteiger partial charge in [-0.3, -0.25) is 14.5 Å². The molecule has 1 N–H and O–H groups in total. The van der Waals surface area contributed by atoms with Gasteiger partial charge in [-0.1, -0.05) is 29.8 Å². The number of carbonyl (C=O) groups excluding carboxylic acids is 2. The van der Waals surface area contributed by atoms with Crippen LogP contribution in [-0.4, -0.2) is 24.0 Å². The number of benzene rings is 2. The minimum atomic E-state index is -0.647. The highest BCUT2D eigenvalue weighted by Gasteiger charge is 2.36. The topological polar surface area (TPSA) is 58.6 Å². The normalized spacial score (nSPS) is 17.7. The van der Waals surface area contributed by atoms with E-state index in [0.29, 0.717) is 17.1 Å². The molecule has 0 saturated heterocycles. The van der Waals surface area contributed by atoms with Crippen molar-refractivity contribution in [1.29, 1.82) is 0 Å². The number of nitrogens with zero attached hydrogens (tertiary/aromatic N) is 1. The molecule has 2 aromatic carbocycles. The van der Waals surface area contributed by atoms with Crippen LogP contribution in [0.15, 0.2) is 48.5 Å². The molecule has 5 heteroatoms. The number of amides is 2. The summed E-state index contributed by atoms with van der Waals surface area (Å²) in [6.07, 6.45) is -0.616.